The van der Waals surface area contributed by atoms with Crippen molar-refractivity contribution >= 4 is 41.3 Å². The molecule has 7 heteroatoms. The minimum atomic E-state index is 0. The molecule has 3 aromatic rings. The molecule has 0 atom stereocenters. The van der Waals surface area contributed by atoms with Gasteiger partial charge in [0.05, 0.1) is 12.2 Å². The van der Waals surface area contributed by atoms with E-state index < -0.39 is 0 Å². The van der Waals surface area contributed by atoms with Crippen LogP contribution in [0.25, 0.3) is 0 Å². The quantitative estimate of drug-likeness (QED) is 0.266. The van der Waals surface area contributed by atoms with Crippen molar-refractivity contribution in [1.29, 1.82) is 0 Å². The standard InChI is InChI=1S/C21H24N4OS.HI/c1-2-22-21(25-14-18-10-12-27-16-18)24-13-17-6-8-20(9-7-17)26-15-19-5-3-4-11-23-19;/h3-12,16H,2,13-15H2,1H3,(H2,22,24,25);1H. The molecule has 2 N–H and O–H groups in total. The van der Waals surface area contributed by atoms with Crippen molar-refractivity contribution in [3.05, 3.63) is 82.3 Å². The van der Waals surface area contributed by atoms with Gasteiger partial charge in [-0.3, -0.25) is 4.98 Å². The van der Waals surface area contributed by atoms with Gasteiger partial charge in [0.15, 0.2) is 5.96 Å². The van der Waals surface area contributed by atoms with Crippen LogP contribution in [0.15, 0.2) is 70.5 Å². The monoisotopic (exact) mass is 508 g/mol. The van der Waals surface area contributed by atoms with Crippen molar-refractivity contribution in [3.8, 4) is 5.75 Å². The first-order chi connectivity index (χ1) is 13.3. The number of halogens is 1. The molecule has 0 fully saturated rings. The summed E-state index contributed by atoms with van der Waals surface area (Å²) in [6.07, 6.45) is 1.77. The number of nitrogens with one attached hydrogen (secondary N) is 2. The van der Waals surface area contributed by atoms with Gasteiger partial charge in [0.1, 0.15) is 12.4 Å². The first-order valence-corrected chi connectivity index (χ1v) is 9.92. The van der Waals surface area contributed by atoms with Gasteiger partial charge in [-0.1, -0.05) is 18.2 Å². The topological polar surface area (TPSA) is 58.5 Å². The van der Waals surface area contributed by atoms with E-state index >= 15 is 0 Å². The van der Waals surface area contributed by atoms with E-state index in [1.807, 2.05) is 30.3 Å². The Labute approximate surface area is 187 Å². The van der Waals surface area contributed by atoms with Crippen LogP contribution in [0.3, 0.4) is 0 Å². The third-order valence-electron chi connectivity index (χ3n) is 3.84. The van der Waals surface area contributed by atoms with Crippen molar-refractivity contribution < 1.29 is 4.74 Å². The Kier molecular flexibility index (Phi) is 9.78. The predicted molar refractivity (Wildman–Crippen MR) is 126 cm³/mol. The maximum absolute atomic E-state index is 5.77. The van der Waals surface area contributed by atoms with Gasteiger partial charge < -0.3 is 15.4 Å². The molecule has 3 rings (SSSR count). The van der Waals surface area contributed by atoms with E-state index in [4.69, 9.17) is 4.74 Å². The predicted octanol–water partition coefficient (Wildman–Crippen LogP) is 4.60. The zero-order valence-electron chi connectivity index (χ0n) is 15.8. The second-order valence-electron chi connectivity index (χ2n) is 5.93. The summed E-state index contributed by atoms with van der Waals surface area (Å²) in [5, 5.41) is 10.8. The molecule has 0 spiro atoms. The van der Waals surface area contributed by atoms with Crippen LogP contribution in [-0.2, 0) is 19.7 Å². The lowest BCUT2D eigenvalue weighted by Gasteiger charge is -2.12. The fourth-order valence-electron chi connectivity index (χ4n) is 2.42. The van der Waals surface area contributed by atoms with E-state index in [9.17, 15) is 0 Å². The molecule has 0 unspecified atom stereocenters. The Morgan fingerprint density at radius 3 is 2.61 bits per heavy atom. The third-order valence-corrected chi connectivity index (χ3v) is 4.57. The average Bonchev–Trinajstić information content (AvgIpc) is 3.24. The van der Waals surface area contributed by atoms with Gasteiger partial charge in [-0.05, 0) is 59.1 Å². The molecule has 28 heavy (non-hydrogen) atoms. The summed E-state index contributed by atoms with van der Waals surface area (Å²) in [5.74, 6) is 1.65. The lowest BCUT2D eigenvalue weighted by Crippen LogP contribution is -2.36. The highest BCUT2D eigenvalue weighted by molar-refractivity contribution is 14.0. The number of hydrogen-bond acceptors (Lipinski definition) is 4. The van der Waals surface area contributed by atoms with E-state index in [0.29, 0.717) is 19.7 Å². The molecular weight excluding hydrogens is 483 g/mol. The zero-order valence-corrected chi connectivity index (χ0v) is 18.9. The summed E-state index contributed by atoms with van der Waals surface area (Å²) in [7, 11) is 0. The maximum Gasteiger partial charge on any atom is 0.191 e. The van der Waals surface area contributed by atoms with Crippen LogP contribution >= 0.6 is 35.3 Å². The molecule has 0 saturated carbocycles. The number of thiophene rings is 1. The molecule has 0 aliphatic carbocycles. The van der Waals surface area contributed by atoms with Gasteiger partial charge >= 0.3 is 0 Å². The van der Waals surface area contributed by atoms with Gasteiger partial charge in [-0.25, -0.2) is 4.99 Å². The van der Waals surface area contributed by atoms with Gasteiger partial charge in [-0.15, -0.1) is 24.0 Å². The molecule has 0 amide bonds. The van der Waals surface area contributed by atoms with Crippen LogP contribution in [-0.4, -0.2) is 17.5 Å². The first-order valence-electron chi connectivity index (χ1n) is 8.98. The van der Waals surface area contributed by atoms with Crippen LogP contribution in [0, 0.1) is 0 Å². The Bertz CT molecular complexity index is 823. The Morgan fingerprint density at radius 1 is 1.07 bits per heavy atom. The zero-order chi connectivity index (χ0) is 18.7. The van der Waals surface area contributed by atoms with Crippen molar-refractivity contribution in [2.24, 2.45) is 4.99 Å². The van der Waals surface area contributed by atoms with Crippen LogP contribution in [0.1, 0.15) is 23.7 Å². The SMILES string of the molecule is CCNC(=NCc1ccsc1)NCc1ccc(OCc2ccccn2)cc1.I. The van der Waals surface area contributed by atoms with Crippen molar-refractivity contribution in [1.82, 2.24) is 15.6 Å². The van der Waals surface area contributed by atoms with Crippen LogP contribution < -0.4 is 15.4 Å². The molecule has 5 nitrogen and oxygen atoms in total. The highest BCUT2D eigenvalue weighted by Gasteiger charge is 2.01. The third kappa shape index (κ3) is 7.47. The fourth-order valence-corrected chi connectivity index (χ4v) is 3.08. The summed E-state index contributed by atoms with van der Waals surface area (Å²) < 4.78 is 5.77. The number of benzene rings is 1. The molecule has 1 aromatic carbocycles. The molecule has 0 bridgehead atoms. The van der Waals surface area contributed by atoms with Crippen molar-refractivity contribution in [3.63, 3.8) is 0 Å². The maximum atomic E-state index is 5.77. The molecule has 0 radical (unpaired) electrons. The number of aliphatic imine (C=N–C) groups is 1. The van der Waals surface area contributed by atoms with Gasteiger partial charge in [-0.2, -0.15) is 11.3 Å². The Morgan fingerprint density at radius 2 is 1.93 bits per heavy atom. The number of nitrogens with zero attached hydrogens (tertiary/aromatic N) is 2. The Hall–Kier alpha value is -2.13. The normalized spacial score (nSPS) is 10.8. The van der Waals surface area contributed by atoms with E-state index in [0.717, 1.165) is 23.9 Å². The van der Waals surface area contributed by atoms with Gasteiger partial charge in [0.2, 0.25) is 0 Å². The number of hydrogen-bond donors (Lipinski definition) is 2. The van der Waals surface area contributed by atoms with Gasteiger partial charge in [0.25, 0.3) is 0 Å². The molecule has 0 aliphatic rings. The number of ether oxygens (including phenoxy) is 1. The summed E-state index contributed by atoms with van der Waals surface area (Å²) in [6, 6.07) is 16.0. The number of rotatable bonds is 8. The molecule has 0 aliphatic heterocycles. The summed E-state index contributed by atoms with van der Waals surface area (Å²) >= 11 is 1.69. The molecule has 0 saturated heterocycles. The van der Waals surface area contributed by atoms with E-state index in [1.54, 1.807) is 17.5 Å². The van der Waals surface area contributed by atoms with Crippen molar-refractivity contribution in [2.45, 2.75) is 26.6 Å². The van der Waals surface area contributed by atoms with Gasteiger partial charge in [0, 0.05) is 19.3 Å². The van der Waals surface area contributed by atoms with Crippen LogP contribution in [0.2, 0.25) is 0 Å². The molecule has 2 heterocycles. The van der Waals surface area contributed by atoms with Crippen molar-refractivity contribution in [2.75, 3.05) is 6.54 Å². The van der Waals surface area contributed by atoms with Crippen LogP contribution in [0.5, 0.6) is 5.75 Å². The first kappa shape index (κ1) is 22.2. The summed E-state index contributed by atoms with van der Waals surface area (Å²) in [6.45, 7) is 4.75. The lowest BCUT2D eigenvalue weighted by molar-refractivity contribution is 0.301. The fraction of sp³-hybridized carbons (Fsp3) is 0.238. The summed E-state index contributed by atoms with van der Waals surface area (Å²) in [5.41, 5.74) is 3.31. The van der Waals surface area contributed by atoms with Crippen LogP contribution in [0.4, 0.5) is 0 Å². The lowest BCUT2D eigenvalue weighted by atomic mass is 10.2. The van der Waals surface area contributed by atoms with E-state index in [-0.39, 0.29) is 24.0 Å². The number of pyridine rings is 1. The minimum absolute atomic E-state index is 0. The molecular formula is C21H25IN4OS. The smallest absolute Gasteiger partial charge is 0.191 e. The second-order valence-corrected chi connectivity index (χ2v) is 6.71. The highest BCUT2D eigenvalue weighted by atomic mass is 127. The van der Waals surface area contributed by atoms with E-state index in [2.05, 4.69) is 56.5 Å². The average molecular weight is 508 g/mol. The Balaban J connectivity index is 0.00000280. The highest BCUT2D eigenvalue weighted by Crippen LogP contribution is 2.13. The molecule has 148 valence electrons. The molecule has 2 aromatic heterocycles. The van der Waals surface area contributed by atoms with E-state index in [1.165, 1.54) is 11.1 Å². The second kappa shape index (κ2) is 12.4. The summed E-state index contributed by atoms with van der Waals surface area (Å²) in [4.78, 5) is 8.88. The number of guanidine groups is 1. The number of aromatic nitrogens is 1. The minimum Gasteiger partial charge on any atom is -0.487 e. The largest absolute Gasteiger partial charge is 0.487 e.